The van der Waals surface area contributed by atoms with Crippen LogP contribution in [0.1, 0.15) is 23.6 Å². The molecule has 0 aromatic heterocycles. The Morgan fingerprint density at radius 1 is 1.14 bits per heavy atom. The van der Waals surface area contributed by atoms with Gasteiger partial charge < -0.3 is 15.8 Å². The van der Waals surface area contributed by atoms with Crippen molar-refractivity contribution in [2.75, 3.05) is 11.4 Å². The molecule has 0 amide bonds. The third-order valence-corrected chi connectivity index (χ3v) is 3.46. The number of hydrogen-bond acceptors (Lipinski definition) is 3. The first-order valence-corrected chi connectivity index (χ1v) is 6.99. The quantitative estimate of drug-likeness (QED) is 0.390. The molecule has 0 heterocycles. The number of rotatable bonds is 4. The van der Waals surface area contributed by atoms with Gasteiger partial charge in [-0.2, -0.15) is 0 Å². The van der Waals surface area contributed by atoms with Crippen LogP contribution in [0, 0.1) is 13.8 Å². The highest BCUT2D eigenvalue weighted by molar-refractivity contribution is 6.03. The van der Waals surface area contributed by atoms with E-state index in [0.29, 0.717) is 0 Å². The van der Waals surface area contributed by atoms with Crippen LogP contribution in [0.15, 0.2) is 47.6 Å². The molecule has 0 spiro atoms. The van der Waals surface area contributed by atoms with E-state index in [2.05, 4.69) is 48.2 Å². The molecular formula is C17H21N3O. The first-order valence-electron chi connectivity index (χ1n) is 6.99. The zero-order valence-electron chi connectivity index (χ0n) is 12.7. The van der Waals surface area contributed by atoms with E-state index < -0.39 is 0 Å². The van der Waals surface area contributed by atoms with Gasteiger partial charge in [-0.25, -0.2) is 0 Å². The van der Waals surface area contributed by atoms with Gasteiger partial charge in [0.05, 0.1) is 5.69 Å². The van der Waals surface area contributed by atoms with E-state index >= 15 is 0 Å². The Labute approximate surface area is 125 Å². The minimum atomic E-state index is 0.121. The molecule has 0 saturated carbocycles. The SMILES string of the molecule is CCN(c1cccc(C)c1)c1cc(C)ccc1C(N)=NO. The lowest BCUT2D eigenvalue weighted by Gasteiger charge is -2.26. The minimum Gasteiger partial charge on any atom is -0.409 e. The second-order valence-electron chi connectivity index (χ2n) is 5.09. The van der Waals surface area contributed by atoms with Crippen LogP contribution < -0.4 is 10.6 Å². The monoisotopic (exact) mass is 283 g/mol. The number of aryl methyl sites for hydroxylation is 2. The Morgan fingerprint density at radius 3 is 2.48 bits per heavy atom. The van der Waals surface area contributed by atoms with Gasteiger partial charge in [0.25, 0.3) is 0 Å². The first kappa shape index (κ1) is 14.9. The molecule has 3 N–H and O–H groups in total. The Kier molecular flexibility index (Phi) is 4.48. The predicted octanol–water partition coefficient (Wildman–Crippen LogP) is 3.56. The van der Waals surface area contributed by atoms with Crippen molar-refractivity contribution >= 4 is 17.2 Å². The number of nitrogens with two attached hydrogens (primary N) is 1. The summed E-state index contributed by atoms with van der Waals surface area (Å²) in [7, 11) is 0. The van der Waals surface area contributed by atoms with Gasteiger partial charge in [-0.05, 0) is 56.2 Å². The number of hydrogen-bond donors (Lipinski definition) is 2. The van der Waals surface area contributed by atoms with Crippen LogP contribution in [0.3, 0.4) is 0 Å². The molecule has 0 bridgehead atoms. The zero-order chi connectivity index (χ0) is 15.4. The number of anilines is 2. The molecule has 0 saturated heterocycles. The fraction of sp³-hybridized carbons (Fsp3) is 0.235. The minimum absolute atomic E-state index is 0.121. The first-order chi connectivity index (χ1) is 10.1. The maximum atomic E-state index is 9.00. The Hall–Kier alpha value is -2.49. The normalized spacial score (nSPS) is 11.5. The van der Waals surface area contributed by atoms with E-state index in [4.69, 9.17) is 10.9 Å². The van der Waals surface area contributed by atoms with Gasteiger partial charge in [-0.3, -0.25) is 0 Å². The number of oxime groups is 1. The van der Waals surface area contributed by atoms with Gasteiger partial charge in [-0.15, -0.1) is 0 Å². The maximum Gasteiger partial charge on any atom is 0.172 e. The molecular weight excluding hydrogens is 262 g/mol. The second kappa shape index (κ2) is 6.31. The average molecular weight is 283 g/mol. The fourth-order valence-electron chi connectivity index (χ4n) is 2.42. The van der Waals surface area contributed by atoms with Gasteiger partial charge in [0.2, 0.25) is 0 Å². The third-order valence-electron chi connectivity index (χ3n) is 3.46. The molecule has 21 heavy (non-hydrogen) atoms. The highest BCUT2D eigenvalue weighted by Crippen LogP contribution is 2.30. The summed E-state index contributed by atoms with van der Waals surface area (Å²) in [5.74, 6) is 0.121. The van der Waals surface area contributed by atoms with Crippen molar-refractivity contribution in [2.24, 2.45) is 10.9 Å². The van der Waals surface area contributed by atoms with Crippen LogP contribution in [0.2, 0.25) is 0 Å². The van der Waals surface area contributed by atoms with Crippen molar-refractivity contribution in [1.29, 1.82) is 0 Å². The zero-order valence-corrected chi connectivity index (χ0v) is 12.7. The number of nitrogens with zero attached hydrogens (tertiary/aromatic N) is 2. The van der Waals surface area contributed by atoms with Gasteiger partial charge in [-0.1, -0.05) is 23.4 Å². The van der Waals surface area contributed by atoms with Crippen molar-refractivity contribution in [3.8, 4) is 0 Å². The molecule has 0 radical (unpaired) electrons. The molecule has 2 aromatic rings. The largest absolute Gasteiger partial charge is 0.409 e. The van der Waals surface area contributed by atoms with Crippen LogP contribution in [-0.4, -0.2) is 17.6 Å². The fourth-order valence-corrected chi connectivity index (χ4v) is 2.42. The summed E-state index contributed by atoms with van der Waals surface area (Å²) in [6, 6.07) is 14.2. The van der Waals surface area contributed by atoms with Crippen molar-refractivity contribution in [3.05, 3.63) is 59.2 Å². The molecule has 0 aliphatic heterocycles. The smallest absolute Gasteiger partial charge is 0.172 e. The van der Waals surface area contributed by atoms with Gasteiger partial charge in [0, 0.05) is 17.8 Å². The second-order valence-corrected chi connectivity index (χ2v) is 5.09. The van der Waals surface area contributed by atoms with Gasteiger partial charge in [0.15, 0.2) is 5.84 Å². The highest BCUT2D eigenvalue weighted by Gasteiger charge is 2.15. The van der Waals surface area contributed by atoms with E-state index in [1.165, 1.54) is 5.56 Å². The van der Waals surface area contributed by atoms with Gasteiger partial charge in [0.1, 0.15) is 0 Å². The molecule has 0 fully saturated rings. The summed E-state index contributed by atoms with van der Waals surface area (Å²) < 4.78 is 0. The Morgan fingerprint density at radius 2 is 1.86 bits per heavy atom. The Bertz CT molecular complexity index is 665. The molecule has 2 rings (SSSR count). The van der Waals surface area contributed by atoms with Gasteiger partial charge >= 0.3 is 0 Å². The van der Waals surface area contributed by atoms with E-state index in [1.54, 1.807) is 0 Å². The lowest BCUT2D eigenvalue weighted by Crippen LogP contribution is -2.22. The molecule has 0 unspecified atom stereocenters. The Balaban J connectivity index is 2.59. The molecule has 0 aliphatic carbocycles. The topological polar surface area (TPSA) is 61.8 Å². The molecule has 0 aliphatic rings. The summed E-state index contributed by atoms with van der Waals surface area (Å²) in [4.78, 5) is 2.16. The van der Waals surface area contributed by atoms with Crippen LogP contribution >= 0.6 is 0 Å². The molecule has 0 atom stereocenters. The number of benzene rings is 2. The summed E-state index contributed by atoms with van der Waals surface area (Å²) in [6.07, 6.45) is 0. The van der Waals surface area contributed by atoms with Crippen molar-refractivity contribution in [1.82, 2.24) is 0 Å². The highest BCUT2D eigenvalue weighted by atomic mass is 16.4. The van der Waals surface area contributed by atoms with Crippen LogP contribution in [0.4, 0.5) is 11.4 Å². The lowest BCUT2D eigenvalue weighted by molar-refractivity contribution is 0.318. The van der Waals surface area contributed by atoms with E-state index in [1.807, 2.05) is 25.1 Å². The van der Waals surface area contributed by atoms with Crippen LogP contribution in [0.25, 0.3) is 0 Å². The summed E-state index contributed by atoms with van der Waals surface area (Å²) in [5.41, 5.74) is 10.9. The van der Waals surface area contributed by atoms with Crippen molar-refractivity contribution in [2.45, 2.75) is 20.8 Å². The van der Waals surface area contributed by atoms with Crippen molar-refractivity contribution in [3.63, 3.8) is 0 Å². The van der Waals surface area contributed by atoms with Crippen LogP contribution in [0.5, 0.6) is 0 Å². The van der Waals surface area contributed by atoms with E-state index in [0.717, 1.165) is 29.0 Å². The maximum absolute atomic E-state index is 9.00. The third kappa shape index (κ3) is 3.16. The molecule has 4 nitrogen and oxygen atoms in total. The molecule has 4 heteroatoms. The predicted molar refractivity (Wildman–Crippen MR) is 87.5 cm³/mol. The van der Waals surface area contributed by atoms with E-state index in [-0.39, 0.29) is 5.84 Å². The summed E-state index contributed by atoms with van der Waals surface area (Å²) in [5, 5.41) is 12.1. The van der Waals surface area contributed by atoms with Crippen molar-refractivity contribution < 1.29 is 5.21 Å². The van der Waals surface area contributed by atoms with E-state index in [9.17, 15) is 0 Å². The van der Waals surface area contributed by atoms with Crippen LogP contribution in [-0.2, 0) is 0 Å². The lowest BCUT2D eigenvalue weighted by atomic mass is 10.1. The summed E-state index contributed by atoms with van der Waals surface area (Å²) >= 11 is 0. The standard InChI is InChI=1S/C17H21N3O/c1-4-20(14-7-5-6-12(2)10-14)16-11-13(3)8-9-15(16)17(18)19-21/h5-11,21H,4H2,1-3H3,(H2,18,19). The average Bonchev–Trinajstić information content (AvgIpc) is 2.47. The molecule has 2 aromatic carbocycles. The molecule has 110 valence electrons. The summed E-state index contributed by atoms with van der Waals surface area (Å²) in [6.45, 7) is 6.97. The number of amidine groups is 1.